The van der Waals surface area contributed by atoms with Crippen LogP contribution in [0, 0.1) is 0 Å². The Balaban J connectivity index is 1.87. The van der Waals surface area contributed by atoms with Gasteiger partial charge in [-0.25, -0.2) is 0 Å². The number of anilines is 2. The van der Waals surface area contributed by atoms with Gasteiger partial charge in [0, 0.05) is 19.2 Å². The van der Waals surface area contributed by atoms with Crippen molar-refractivity contribution in [3.05, 3.63) is 60.2 Å². The Bertz CT molecular complexity index is 889. The average molecular weight is 429 g/mol. The number of ether oxygens (including phenoxy) is 2. The SMILES string of the molecule is COCCOC(=O)CCC(=O)NC(=S)Nc1ccccc1C(=O)Nc1ccccc1. The van der Waals surface area contributed by atoms with Gasteiger partial charge < -0.3 is 25.4 Å². The second-order valence-corrected chi connectivity index (χ2v) is 6.49. The van der Waals surface area contributed by atoms with Gasteiger partial charge in [0.05, 0.1) is 24.3 Å². The van der Waals surface area contributed by atoms with E-state index in [1.807, 2.05) is 18.2 Å². The Morgan fingerprint density at radius 2 is 1.60 bits per heavy atom. The molecule has 0 aromatic heterocycles. The Labute approximate surface area is 179 Å². The number of benzene rings is 2. The lowest BCUT2D eigenvalue weighted by atomic mass is 10.1. The summed E-state index contributed by atoms with van der Waals surface area (Å²) in [6.45, 7) is 0.432. The largest absolute Gasteiger partial charge is 0.463 e. The minimum absolute atomic E-state index is 0.0210. The zero-order chi connectivity index (χ0) is 21.8. The Morgan fingerprint density at radius 3 is 2.33 bits per heavy atom. The van der Waals surface area contributed by atoms with Crippen LogP contribution in [0.15, 0.2) is 54.6 Å². The molecule has 0 saturated carbocycles. The topological polar surface area (TPSA) is 106 Å². The molecule has 0 fully saturated rings. The molecule has 0 aliphatic rings. The minimum atomic E-state index is -0.496. The molecule has 0 radical (unpaired) electrons. The summed E-state index contributed by atoms with van der Waals surface area (Å²) in [7, 11) is 1.50. The van der Waals surface area contributed by atoms with Gasteiger partial charge in [0.2, 0.25) is 5.91 Å². The van der Waals surface area contributed by atoms with E-state index in [0.29, 0.717) is 23.5 Å². The third-order valence-electron chi connectivity index (χ3n) is 3.81. The van der Waals surface area contributed by atoms with Crippen molar-refractivity contribution in [1.29, 1.82) is 0 Å². The lowest BCUT2D eigenvalue weighted by Crippen LogP contribution is -2.35. The Kier molecular flexibility index (Phi) is 9.43. The van der Waals surface area contributed by atoms with Gasteiger partial charge in [0.25, 0.3) is 5.91 Å². The number of nitrogens with one attached hydrogen (secondary N) is 3. The number of amides is 2. The quantitative estimate of drug-likeness (QED) is 0.320. The predicted molar refractivity (Wildman–Crippen MR) is 117 cm³/mol. The maximum absolute atomic E-state index is 12.6. The van der Waals surface area contributed by atoms with E-state index < -0.39 is 11.9 Å². The molecule has 30 heavy (non-hydrogen) atoms. The molecular formula is C21H23N3O5S. The van der Waals surface area contributed by atoms with Gasteiger partial charge in [-0.15, -0.1) is 0 Å². The summed E-state index contributed by atoms with van der Waals surface area (Å²) in [5.74, 6) is -1.26. The van der Waals surface area contributed by atoms with E-state index in [2.05, 4.69) is 16.0 Å². The molecule has 2 amide bonds. The predicted octanol–water partition coefficient (Wildman–Crippen LogP) is 2.72. The van der Waals surface area contributed by atoms with Gasteiger partial charge in [-0.3, -0.25) is 14.4 Å². The molecule has 0 spiro atoms. The Hall–Kier alpha value is -3.30. The molecule has 0 bridgehead atoms. The van der Waals surface area contributed by atoms with Crippen molar-refractivity contribution in [3.8, 4) is 0 Å². The van der Waals surface area contributed by atoms with Crippen molar-refractivity contribution in [1.82, 2.24) is 5.32 Å². The van der Waals surface area contributed by atoms with Crippen LogP contribution in [-0.4, -0.2) is 43.2 Å². The molecule has 0 aliphatic carbocycles. The van der Waals surface area contributed by atoms with Crippen molar-refractivity contribution in [3.63, 3.8) is 0 Å². The van der Waals surface area contributed by atoms with Crippen LogP contribution in [0.3, 0.4) is 0 Å². The number of methoxy groups -OCH3 is 1. The summed E-state index contributed by atoms with van der Waals surface area (Å²) < 4.78 is 9.66. The fraction of sp³-hybridized carbons (Fsp3) is 0.238. The van der Waals surface area contributed by atoms with Gasteiger partial charge >= 0.3 is 5.97 Å². The molecule has 2 aromatic carbocycles. The van der Waals surface area contributed by atoms with Gasteiger partial charge in [0.1, 0.15) is 6.61 Å². The number of carbonyl (C=O) groups excluding carboxylic acids is 3. The fourth-order valence-electron chi connectivity index (χ4n) is 2.38. The summed E-state index contributed by atoms with van der Waals surface area (Å²) in [5, 5.41) is 8.15. The smallest absolute Gasteiger partial charge is 0.306 e. The van der Waals surface area contributed by atoms with E-state index in [9.17, 15) is 14.4 Å². The van der Waals surface area contributed by atoms with Crippen LogP contribution < -0.4 is 16.0 Å². The highest BCUT2D eigenvalue weighted by Gasteiger charge is 2.14. The van der Waals surface area contributed by atoms with Gasteiger partial charge in [0.15, 0.2) is 5.11 Å². The summed E-state index contributed by atoms with van der Waals surface area (Å²) in [6, 6.07) is 15.8. The van der Waals surface area contributed by atoms with Crippen molar-refractivity contribution >= 4 is 46.5 Å². The van der Waals surface area contributed by atoms with Crippen molar-refractivity contribution in [2.45, 2.75) is 12.8 Å². The maximum atomic E-state index is 12.6. The standard InChI is InChI=1S/C21H23N3O5S/c1-28-13-14-29-19(26)12-11-18(25)24-21(30)23-17-10-6-5-9-16(17)20(27)22-15-7-3-2-4-8-15/h2-10H,11-14H2,1H3,(H,22,27)(H2,23,24,25,30). The third kappa shape index (κ3) is 7.98. The highest BCUT2D eigenvalue weighted by molar-refractivity contribution is 7.80. The average Bonchev–Trinajstić information content (AvgIpc) is 2.73. The van der Waals surface area contributed by atoms with E-state index in [1.165, 1.54) is 7.11 Å². The number of hydrogen-bond donors (Lipinski definition) is 3. The zero-order valence-electron chi connectivity index (χ0n) is 16.5. The zero-order valence-corrected chi connectivity index (χ0v) is 17.3. The number of thiocarbonyl (C=S) groups is 1. The van der Waals surface area contributed by atoms with Crippen LogP contribution in [0.1, 0.15) is 23.2 Å². The van der Waals surface area contributed by atoms with E-state index in [4.69, 9.17) is 21.7 Å². The monoisotopic (exact) mass is 429 g/mol. The molecular weight excluding hydrogens is 406 g/mol. The molecule has 9 heteroatoms. The maximum Gasteiger partial charge on any atom is 0.306 e. The number of para-hydroxylation sites is 2. The summed E-state index contributed by atoms with van der Waals surface area (Å²) in [5.41, 5.74) is 1.46. The van der Waals surface area contributed by atoms with Crippen LogP contribution in [-0.2, 0) is 19.1 Å². The lowest BCUT2D eigenvalue weighted by molar-refractivity contribution is -0.146. The number of carbonyl (C=O) groups is 3. The summed E-state index contributed by atoms with van der Waals surface area (Å²) >= 11 is 5.15. The normalized spacial score (nSPS) is 10.0. The Morgan fingerprint density at radius 1 is 0.900 bits per heavy atom. The summed E-state index contributed by atoms with van der Waals surface area (Å²) in [6.07, 6.45) is -0.155. The number of rotatable bonds is 9. The molecule has 0 saturated heterocycles. The van der Waals surface area contributed by atoms with Gasteiger partial charge in [-0.2, -0.15) is 0 Å². The molecule has 8 nitrogen and oxygen atoms in total. The molecule has 0 unspecified atom stereocenters. The van der Waals surface area contributed by atoms with Gasteiger partial charge in [-0.1, -0.05) is 30.3 Å². The number of esters is 1. The molecule has 0 aliphatic heterocycles. The van der Waals surface area contributed by atoms with E-state index in [-0.39, 0.29) is 30.5 Å². The first-order chi connectivity index (χ1) is 14.5. The van der Waals surface area contributed by atoms with E-state index >= 15 is 0 Å². The molecule has 2 aromatic rings. The molecule has 158 valence electrons. The van der Waals surface area contributed by atoms with E-state index in [1.54, 1.807) is 36.4 Å². The first kappa shape index (κ1) is 23.0. The van der Waals surface area contributed by atoms with E-state index in [0.717, 1.165) is 0 Å². The fourth-order valence-corrected chi connectivity index (χ4v) is 2.60. The van der Waals surface area contributed by atoms with Crippen LogP contribution >= 0.6 is 12.2 Å². The minimum Gasteiger partial charge on any atom is -0.463 e. The molecule has 2 rings (SSSR count). The van der Waals surface area contributed by atoms with Crippen LogP contribution in [0.2, 0.25) is 0 Å². The lowest BCUT2D eigenvalue weighted by Gasteiger charge is -2.13. The highest BCUT2D eigenvalue weighted by Crippen LogP contribution is 2.17. The summed E-state index contributed by atoms with van der Waals surface area (Å²) in [4.78, 5) is 36.1. The van der Waals surface area contributed by atoms with Crippen LogP contribution in [0.25, 0.3) is 0 Å². The van der Waals surface area contributed by atoms with Crippen molar-refractivity contribution in [2.75, 3.05) is 31.0 Å². The first-order valence-electron chi connectivity index (χ1n) is 9.20. The third-order valence-corrected chi connectivity index (χ3v) is 4.02. The molecule has 3 N–H and O–H groups in total. The second kappa shape index (κ2) is 12.3. The molecule has 0 atom stereocenters. The highest BCUT2D eigenvalue weighted by atomic mass is 32.1. The van der Waals surface area contributed by atoms with Crippen molar-refractivity contribution in [2.24, 2.45) is 0 Å². The molecule has 0 heterocycles. The number of hydrogen-bond acceptors (Lipinski definition) is 6. The van der Waals surface area contributed by atoms with Crippen molar-refractivity contribution < 1.29 is 23.9 Å². The second-order valence-electron chi connectivity index (χ2n) is 6.08. The van der Waals surface area contributed by atoms with Crippen LogP contribution in [0.4, 0.5) is 11.4 Å². The first-order valence-corrected chi connectivity index (χ1v) is 9.61. The van der Waals surface area contributed by atoms with Crippen LogP contribution in [0.5, 0.6) is 0 Å². The van der Waals surface area contributed by atoms with Gasteiger partial charge in [-0.05, 0) is 36.5 Å².